The van der Waals surface area contributed by atoms with Crippen LogP contribution in [0.1, 0.15) is 12.8 Å². The van der Waals surface area contributed by atoms with Gasteiger partial charge >= 0.3 is 0 Å². The molecule has 0 amide bonds. The van der Waals surface area contributed by atoms with E-state index < -0.39 is 0 Å². The summed E-state index contributed by atoms with van der Waals surface area (Å²) in [6, 6.07) is 22.1. The van der Waals surface area contributed by atoms with E-state index in [2.05, 4.69) is 27.8 Å². The van der Waals surface area contributed by atoms with E-state index >= 15 is 0 Å². The third-order valence-corrected chi connectivity index (χ3v) is 5.21. The van der Waals surface area contributed by atoms with Crippen LogP contribution in [0.3, 0.4) is 0 Å². The van der Waals surface area contributed by atoms with E-state index in [4.69, 9.17) is 14.7 Å². The summed E-state index contributed by atoms with van der Waals surface area (Å²) >= 11 is 0. The SMILES string of the molecule is c1ccc(-c2cc(NCC3CCCO3)nc(Nc3cccc4cccnc34)n2)cc1. The number of fused-ring (bicyclic) bond motifs is 1. The molecule has 2 aromatic carbocycles. The first kappa shape index (κ1) is 18.5. The number of para-hydroxylation sites is 1. The van der Waals surface area contributed by atoms with E-state index in [1.165, 1.54) is 0 Å². The highest BCUT2D eigenvalue weighted by molar-refractivity contribution is 5.91. The molecule has 6 heteroatoms. The number of benzene rings is 2. The maximum absolute atomic E-state index is 5.73. The maximum Gasteiger partial charge on any atom is 0.229 e. The summed E-state index contributed by atoms with van der Waals surface area (Å²) in [5.74, 6) is 1.30. The number of anilines is 3. The van der Waals surface area contributed by atoms with E-state index in [-0.39, 0.29) is 6.10 Å². The molecule has 0 aliphatic carbocycles. The van der Waals surface area contributed by atoms with Gasteiger partial charge in [0.1, 0.15) is 5.82 Å². The molecule has 1 aliphatic heterocycles. The largest absolute Gasteiger partial charge is 0.376 e. The number of hydrogen-bond acceptors (Lipinski definition) is 6. The molecule has 1 aliphatic rings. The molecule has 0 saturated carbocycles. The highest BCUT2D eigenvalue weighted by Crippen LogP contribution is 2.26. The number of aromatic nitrogens is 3. The van der Waals surface area contributed by atoms with E-state index in [0.29, 0.717) is 5.95 Å². The minimum Gasteiger partial charge on any atom is -0.376 e. The zero-order valence-corrected chi connectivity index (χ0v) is 16.6. The predicted octanol–water partition coefficient (Wildman–Crippen LogP) is 5.03. The lowest BCUT2D eigenvalue weighted by Crippen LogP contribution is -2.19. The minimum atomic E-state index is 0.235. The maximum atomic E-state index is 5.73. The van der Waals surface area contributed by atoms with Gasteiger partial charge < -0.3 is 15.4 Å². The van der Waals surface area contributed by atoms with Crippen LogP contribution >= 0.6 is 0 Å². The van der Waals surface area contributed by atoms with Crippen molar-refractivity contribution < 1.29 is 4.74 Å². The monoisotopic (exact) mass is 397 g/mol. The first-order valence-electron chi connectivity index (χ1n) is 10.3. The van der Waals surface area contributed by atoms with Crippen molar-refractivity contribution in [2.75, 3.05) is 23.8 Å². The fraction of sp³-hybridized carbons (Fsp3) is 0.208. The van der Waals surface area contributed by atoms with Gasteiger partial charge in [0.15, 0.2) is 0 Å². The molecule has 6 nitrogen and oxygen atoms in total. The van der Waals surface area contributed by atoms with Crippen molar-refractivity contribution in [3.63, 3.8) is 0 Å². The molecular weight excluding hydrogens is 374 g/mol. The van der Waals surface area contributed by atoms with Gasteiger partial charge in [-0.05, 0) is 25.0 Å². The van der Waals surface area contributed by atoms with Crippen molar-refractivity contribution in [3.05, 3.63) is 72.9 Å². The Morgan fingerprint density at radius 3 is 2.73 bits per heavy atom. The third-order valence-electron chi connectivity index (χ3n) is 5.21. The molecule has 2 aromatic heterocycles. The molecule has 1 saturated heterocycles. The van der Waals surface area contributed by atoms with Crippen LogP contribution in [0, 0.1) is 0 Å². The highest BCUT2D eigenvalue weighted by Gasteiger charge is 2.16. The summed E-state index contributed by atoms with van der Waals surface area (Å²) in [5.41, 5.74) is 3.67. The minimum absolute atomic E-state index is 0.235. The fourth-order valence-corrected chi connectivity index (χ4v) is 3.70. The molecule has 2 N–H and O–H groups in total. The average molecular weight is 397 g/mol. The Bertz CT molecular complexity index is 1140. The summed E-state index contributed by atoms with van der Waals surface area (Å²) < 4.78 is 5.73. The summed E-state index contributed by atoms with van der Waals surface area (Å²) in [7, 11) is 0. The number of pyridine rings is 1. The first-order valence-corrected chi connectivity index (χ1v) is 10.3. The number of hydrogen-bond donors (Lipinski definition) is 2. The van der Waals surface area contributed by atoms with Crippen LogP contribution < -0.4 is 10.6 Å². The van der Waals surface area contributed by atoms with Gasteiger partial charge in [-0.2, -0.15) is 4.98 Å². The lowest BCUT2D eigenvalue weighted by atomic mass is 10.1. The lowest BCUT2D eigenvalue weighted by molar-refractivity contribution is 0.120. The second kappa shape index (κ2) is 8.47. The second-order valence-electron chi connectivity index (χ2n) is 7.35. The first-order chi connectivity index (χ1) is 14.8. The Morgan fingerprint density at radius 1 is 0.967 bits per heavy atom. The Kier molecular flexibility index (Phi) is 5.23. The standard InChI is InChI=1S/C24H23N5O/c1-2-7-17(8-3-1)21-15-22(26-16-19-11-6-14-30-19)29-24(28-21)27-20-12-4-9-18-10-5-13-25-23(18)20/h1-5,7-10,12-13,15,19H,6,11,14,16H2,(H2,26,27,28,29). The second-order valence-corrected chi connectivity index (χ2v) is 7.35. The van der Waals surface area contributed by atoms with Crippen molar-refractivity contribution >= 4 is 28.4 Å². The zero-order chi connectivity index (χ0) is 20.2. The Labute approximate surface area is 175 Å². The van der Waals surface area contributed by atoms with Crippen LogP contribution in [0.4, 0.5) is 17.5 Å². The number of nitrogens with one attached hydrogen (secondary N) is 2. The Morgan fingerprint density at radius 2 is 1.87 bits per heavy atom. The number of ether oxygens (including phenoxy) is 1. The van der Waals surface area contributed by atoms with Crippen molar-refractivity contribution in [1.82, 2.24) is 15.0 Å². The smallest absolute Gasteiger partial charge is 0.229 e. The third kappa shape index (κ3) is 4.09. The predicted molar refractivity (Wildman–Crippen MR) is 120 cm³/mol. The molecule has 1 unspecified atom stereocenters. The fourth-order valence-electron chi connectivity index (χ4n) is 3.70. The molecule has 1 fully saturated rings. The average Bonchev–Trinajstić information content (AvgIpc) is 3.32. The van der Waals surface area contributed by atoms with E-state index in [0.717, 1.165) is 59.7 Å². The van der Waals surface area contributed by atoms with Gasteiger partial charge in [-0.15, -0.1) is 0 Å². The van der Waals surface area contributed by atoms with Crippen LogP contribution in [-0.4, -0.2) is 34.2 Å². The van der Waals surface area contributed by atoms with Crippen LogP contribution in [0.25, 0.3) is 22.2 Å². The molecular formula is C24H23N5O. The molecule has 5 rings (SSSR count). The van der Waals surface area contributed by atoms with E-state index in [1.807, 2.05) is 54.6 Å². The van der Waals surface area contributed by atoms with Gasteiger partial charge in [-0.25, -0.2) is 4.98 Å². The van der Waals surface area contributed by atoms with Crippen LogP contribution in [0.2, 0.25) is 0 Å². The van der Waals surface area contributed by atoms with Gasteiger partial charge in [-0.3, -0.25) is 4.98 Å². The van der Waals surface area contributed by atoms with Crippen molar-refractivity contribution in [2.24, 2.45) is 0 Å². The summed E-state index contributed by atoms with van der Waals surface area (Å²) in [6.07, 6.45) is 4.23. The summed E-state index contributed by atoms with van der Waals surface area (Å²) in [4.78, 5) is 14.0. The van der Waals surface area contributed by atoms with Gasteiger partial charge in [0.25, 0.3) is 0 Å². The molecule has 0 bridgehead atoms. The van der Waals surface area contributed by atoms with Crippen molar-refractivity contribution in [3.8, 4) is 11.3 Å². The molecule has 0 spiro atoms. The number of rotatable bonds is 6. The molecule has 0 radical (unpaired) electrons. The van der Waals surface area contributed by atoms with Gasteiger partial charge in [0.05, 0.1) is 23.0 Å². The molecule has 150 valence electrons. The van der Waals surface area contributed by atoms with Crippen LogP contribution in [-0.2, 0) is 4.74 Å². The normalized spacial score (nSPS) is 15.9. The Balaban J connectivity index is 1.48. The molecule has 30 heavy (non-hydrogen) atoms. The molecule has 4 aromatic rings. The van der Waals surface area contributed by atoms with Gasteiger partial charge in [0, 0.05) is 36.4 Å². The summed E-state index contributed by atoms with van der Waals surface area (Å²) in [5, 5.41) is 7.87. The van der Waals surface area contributed by atoms with Gasteiger partial charge in [-0.1, -0.05) is 48.5 Å². The zero-order valence-electron chi connectivity index (χ0n) is 16.6. The van der Waals surface area contributed by atoms with E-state index in [1.54, 1.807) is 6.20 Å². The Hall–Kier alpha value is -3.51. The highest BCUT2D eigenvalue weighted by atomic mass is 16.5. The van der Waals surface area contributed by atoms with Crippen molar-refractivity contribution in [1.29, 1.82) is 0 Å². The quantitative estimate of drug-likeness (QED) is 0.476. The van der Waals surface area contributed by atoms with E-state index in [9.17, 15) is 0 Å². The molecule has 1 atom stereocenters. The topological polar surface area (TPSA) is 72.0 Å². The van der Waals surface area contributed by atoms with Crippen LogP contribution in [0.15, 0.2) is 72.9 Å². The molecule has 3 heterocycles. The summed E-state index contributed by atoms with van der Waals surface area (Å²) in [6.45, 7) is 1.58. The lowest BCUT2D eigenvalue weighted by Gasteiger charge is -2.14. The van der Waals surface area contributed by atoms with Crippen molar-refractivity contribution in [2.45, 2.75) is 18.9 Å². The van der Waals surface area contributed by atoms with Gasteiger partial charge in [0.2, 0.25) is 5.95 Å². The van der Waals surface area contributed by atoms with Crippen LogP contribution in [0.5, 0.6) is 0 Å². The number of nitrogens with zero attached hydrogens (tertiary/aromatic N) is 3.